The van der Waals surface area contributed by atoms with Crippen LogP contribution in [0.5, 0.6) is 5.75 Å². The highest BCUT2D eigenvalue weighted by atomic mass is 16.5. The summed E-state index contributed by atoms with van der Waals surface area (Å²) in [5, 5.41) is 13.9. The van der Waals surface area contributed by atoms with Gasteiger partial charge in [-0.2, -0.15) is 0 Å². The maximum Gasteiger partial charge on any atom is 0.313 e. The third-order valence-electron chi connectivity index (χ3n) is 2.61. The first-order valence-electron chi connectivity index (χ1n) is 5.98. The number of methoxy groups -OCH3 is 1. The number of hydrogen-bond acceptors (Lipinski definition) is 4. The van der Waals surface area contributed by atoms with Crippen molar-refractivity contribution in [1.82, 2.24) is 5.32 Å². The first-order valence-corrected chi connectivity index (χ1v) is 5.98. The number of rotatable bonds is 5. The van der Waals surface area contributed by atoms with E-state index in [9.17, 15) is 9.59 Å². The minimum Gasteiger partial charge on any atom is -0.495 e. The molecule has 0 aliphatic heterocycles. The van der Waals surface area contributed by atoms with Gasteiger partial charge in [0.25, 0.3) is 0 Å². The van der Waals surface area contributed by atoms with Gasteiger partial charge in [0, 0.05) is 0 Å². The molecule has 104 valence electrons. The fourth-order valence-corrected chi connectivity index (χ4v) is 1.45. The highest BCUT2D eigenvalue weighted by molar-refractivity contribution is 6.39. The van der Waals surface area contributed by atoms with E-state index in [-0.39, 0.29) is 6.61 Å². The maximum atomic E-state index is 11.7. The van der Waals surface area contributed by atoms with Crippen molar-refractivity contribution in [3.05, 3.63) is 24.3 Å². The zero-order chi connectivity index (χ0) is 14.3. The largest absolute Gasteiger partial charge is 0.495 e. The number of anilines is 1. The number of ether oxygens (including phenoxy) is 1. The van der Waals surface area contributed by atoms with E-state index in [1.807, 2.05) is 0 Å². The number of benzene rings is 1. The van der Waals surface area contributed by atoms with Gasteiger partial charge in [0.2, 0.25) is 0 Å². The van der Waals surface area contributed by atoms with Crippen LogP contribution in [0.3, 0.4) is 0 Å². The molecule has 0 radical (unpaired) electrons. The van der Waals surface area contributed by atoms with Crippen molar-refractivity contribution in [3.63, 3.8) is 0 Å². The third kappa shape index (κ3) is 4.26. The van der Waals surface area contributed by atoms with Gasteiger partial charge in [0.05, 0.1) is 25.4 Å². The number of aliphatic hydroxyl groups is 1. The Bertz CT molecular complexity index is 444. The minimum atomic E-state index is -0.795. The fourth-order valence-electron chi connectivity index (χ4n) is 1.45. The number of hydrogen-bond donors (Lipinski definition) is 3. The molecule has 0 aliphatic rings. The number of amides is 2. The van der Waals surface area contributed by atoms with E-state index in [0.717, 1.165) is 0 Å². The third-order valence-corrected chi connectivity index (χ3v) is 2.61. The van der Waals surface area contributed by atoms with Crippen LogP contribution in [0.15, 0.2) is 24.3 Å². The zero-order valence-corrected chi connectivity index (χ0v) is 11.0. The maximum absolute atomic E-state index is 11.7. The Labute approximate surface area is 111 Å². The molecule has 0 saturated heterocycles. The lowest BCUT2D eigenvalue weighted by Gasteiger charge is -2.14. The first kappa shape index (κ1) is 15.0. The Morgan fingerprint density at radius 2 is 2.00 bits per heavy atom. The van der Waals surface area contributed by atoms with E-state index < -0.39 is 17.9 Å². The molecule has 0 aromatic heterocycles. The van der Waals surface area contributed by atoms with Gasteiger partial charge in [-0.25, -0.2) is 0 Å². The molecular formula is C13H18N2O4. The van der Waals surface area contributed by atoms with E-state index in [4.69, 9.17) is 9.84 Å². The normalized spacial score (nSPS) is 11.5. The predicted octanol–water partition coefficient (Wildman–Crippen LogP) is 0.521. The quantitative estimate of drug-likeness (QED) is 0.678. The molecule has 6 nitrogen and oxygen atoms in total. The lowest BCUT2D eigenvalue weighted by Crippen LogP contribution is -2.43. The molecule has 1 rings (SSSR count). The van der Waals surface area contributed by atoms with Crippen molar-refractivity contribution in [3.8, 4) is 5.75 Å². The molecule has 1 aromatic carbocycles. The van der Waals surface area contributed by atoms with Crippen molar-refractivity contribution in [2.75, 3.05) is 19.0 Å². The van der Waals surface area contributed by atoms with E-state index in [1.165, 1.54) is 7.11 Å². The summed E-state index contributed by atoms with van der Waals surface area (Å²) in [5.74, 6) is -1.11. The van der Waals surface area contributed by atoms with Gasteiger partial charge in [-0.1, -0.05) is 19.1 Å². The summed E-state index contributed by atoms with van der Waals surface area (Å²) in [5.41, 5.74) is 0.419. The van der Waals surface area contributed by atoms with Crippen LogP contribution in [0.2, 0.25) is 0 Å². The summed E-state index contributed by atoms with van der Waals surface area (Å²) in [7, 11) is 1.48. The molecule has 0 aliphatic carbocycles. The van der Waals surface area contributed by atoms with E-state index in [0.29, 0.717) is 17.9 Å². The van der Waals surface area contributed by atoms with Crippen LogP contribution < -0.4 is 15.4 Å². The summed E-state index contributed by atoms with van der Waals surface area (Å²) >= 11 is 0. The lowest BCUT2D eigenvalue weighted by molar-refractivity contribution is -0.136. The minimum absolute atomic E-state index is 0.204. The molecule has 3 N–H and O–H groups in total. The second-order valence-electron chi connectivity index (χ2n) is 3.92. The van der Waals surface area contributed by atoms with Crippen LogP contribution in [0.25, 0.3) is 0 Å². The summed E-state index contributed by atoms with van der Waals surface area (Å²) < 4.78 is 5.06. The van der Waals surface area contributed by atoms with E-state index in [1.54, 1.807) is 31.2 Å². The molecule has 2 amide bonds. The van der Waals surface area contributed by atoms with E-state index >= 15 is 0 Å². The number of aliphatic hydroxyl groups excluding tert-OH is 1. The summed E-state index contributed by atoms with van der Waals surface area (Å²) in [6.07, 6.45) is 0.546. The lowest BCUT2D eigenvalue weighted by atomic mass is 10.2. The van der Waals surface area contributed by atoms with Crippen molar-refractivity contribution in [2.45, 2.75) is 19.4 Å². The highest BCUT2D eigenvalue weighted by Crippen LogP contribution is 2.22. The molecule has 1 atom stereocenters. The standard InChI is InChI=1S/C13H18N2O4/c1-3-9(8-16)14-12(17)13(18)15-10-6-4-5-7-11(10)19-2/h4-7,9,16H,3,8H2,1-2H3,(H,14,17)(H,15,18)/t9-/m1/s1. The number of para-hydroxylation sites is 2. The van der Waals surface area contributed by atoms with Crippen LogP contribution in [0, 0.1) is 0 Å². The zero-order valence-electron chi connectivity index (χ0n) is 11.0. The topological polar surface area (TPSA) is 87.7 Å². The molecule has 0 unspecified atom stereocenters. The van der Waals surface area contributed by atoms with Crippen LogP contribution in [0.4, 0.5) is 5.69 Å². The van der Waals surface area contributed by atoms with Gasteiger partial charge in [-0.05, 0) is 18.6 Å². The Morgan fingerprint density at radius 3 is 2.58 bits per heavy atom. The van der Waals surface area contributed by atoms with Crippen molar-refractivity contribution in [1.29, 1.82) is 0 Å². The molecule has 0 bridgehead atoms. The van der Waals surface area contributed by atoms with E-state index in [2.05, 4.69) is 10.6 Å². The number of carbonyl (C=O) groups is 2. The predicted molar refractivity (Wildman–Crippen MR) is 70.9 cm³/mol. The highest BCUT2D eigenvalue weighted by Gasteiger charge is 2.18. The summed E-state index contributed by atoms with van der Waals surface area (Å²) in [6, 6.07) is 6.37. The summed E-state index contributed by atoms with van der Waals surface area (Å²) in [6.45, 7) is 1.60. The van der Waals surface area contributed by atoms with Gasteiger partial charge >= 0.3 is 11.8 Å². The van der Waals surface area contributed by atoms with Crippen molar-refractivity contribution < 1.29 is 19.4 Å². The Hall–Kier alpha value is -2.08. The average molecular weight is 266 g/mol. The van der Waals surface area contributed by atoms with Crippen LogP contribution in [0.1, 0.15) is 13.3 Å². The molecule has 6 heteroatoms. The van der Waals surface area contributed by atoms with Crippen molar-refractivity contribution in [2.24, 2.45) is 0 Å². The SMILES string of the molecule is CC[C@H](CO)NC(=O)C(=O)Nc1ccccc1OC. The van der Waals surface area contributed by atoms with Gasteiger partial charge < -0.3 is 20.5 Å². The Kier molecular flexibility index (Phi) is 5.81. The van der Waals surface area contributed by atoms with Crippen LogP contribution >= 0.6 is 0 Å². The fraction of sp³-hybridized carbons (Fsp3) is 0.385. The molecule has 0 saturated carbocycles. The number of carbonyl (C=O) groups excluding carboxylic acids is 2. The smallest absolute Gasteiger partial charge is 0.313 e. The monoisotopic (exact) mass is 266 g/mol. The van der Waals surface area contributed by atoms with Crippen LogP contribution in [-0.2, 0) is 9.59 Å². The van der Waals surface area contributed by atoms with Crippen LogP contribution in [-0.4, -0.2) is 36.7 Å². The van der Waals surface area contributed by atoms with Crippen molar-refractivity contribution >= 4 is 17.5 Å². The van der Waals surface area contributed by atoms with Gasteiger partial charge in [0.1, 0.15) is 5.75 Å². The second kappa shape index (κ2) is 7.38. The average Bonchev–Trinajstić information content (AvgIpc) is 2.44. The molecular weight excluding hydrogens is 248 g/mol. The van der Waals surface area contributed by atoms with Gasteiger partial charge in [-0.3, -0.25) is 9.59 Å². The van der Waals surface area contributed by atoms with Gasteiger partial charge in [0.15, 0.2) is 0 Å². The van der Waals surface area contributed by atoms with Gasteiger partial charge in [-0.15, -0.1) is 0 Å². The second-order valence-corrected chi connectivity index (χ2v) is 3.92. The Balaban J connectivity index is 2.66. The molecule has 0 fully saturated rings. The summed E-state index contributed by atoms with van der Waals surface area (Å²) in [4.78, 5) is 23.3. The number of nitrogens with one attached hydrogen (secondary N) is 2. The molecule has 0 spiro atoms. The Morgan fingerprint density at radius 1 is 1.32 bits per heavy atom. The molecule has 0 heterocycles. The first-order chi connectivity index (χ1) is 9.12. The molecule has 1 aromatic rings. The molecule has 19 heavy (non-hydrogen) atoms.